The van der Waals surface area contributed by atoms with Gasteiger partial charge in [0.15, 0.2) is 18.1 Å². The van der Waals surface area contributed by atoms with Gasteiger partial charge in [0.2, 0.25) is 0 Å². The van der Waals surface area contributed by atoms with Gasteiger partial charge in [-0.1, -0.05) is 0 Å². The number of esters is 1. The van der Waals surface area contributed by atoms with Crippen LogP contribution in [0.1, 0.15) is 26.4 Å². The number of aryl methyl sites for hydroxylation is 1. The maximum absolute atomic E-state index is 12.2. The summed E-state index contributed by atoms with van der Waals surface area (Å²) in [7, 11) is 2.74. The Morgan fingerprint density at radius 1 is 1.23 bits per heavy atom. The molecule has 0 unspecified atom stereocenters. The van der Waals surface area contributed by atoms with Gasteiger partial charge in [-0.3, -0.25) is 4.79 Å². The van der Waals surface area contributed by atoms with Gasteiger partial charge >= 0.3 is 5.97 Å². The van der Waals surface area contributed by atoms with Crippen LogP contribution in [0.3, 0.4) is 0 Å². The number of hydrogen-bond acceptors (Lipinski definition) is 7. The second-order valence-electron chi connectivity index (χ2n) is 5.29. The molecule has 0 radical (unpaired) electrons. The number of nitrogens with zero attached hydrogens (tertiary/aromatic N) is 1. The van der Waals surface area contributed by atoms with E-state index in [0.717, 1.165) is 10.4 Å². The normalized spacial score (nSPS) is 9.96. The average Bonchev–Trinajstić information content (AvgIpc) is 2.92. The molecule has 0 fully saturated rings. The molecule has 26 heavy (non-hydrogen) atoms. The van der Waals surface area contributed by atoms with Crippen LogP contribution < -0.4 is 14.8 Å². The Balaban J connectivity index is 2.10. The number of nitrogens with one attached hydrogen (secondary N) is 1. The van der Waals surface area contributed by atoms with Crippen molar-refractivity contribution in [3.63, 3.8) is 0 Å². The number of carbonyl (C=O) groups excluding carboxylic acids is 2. The van der Waals surface area contributed by atoms with Crippen LogP contribution in [-0.2, 0) is 9.53 Å². The van der Waals surface area contributed by atoms with Gasteiger partial charge in [-0.15, -0.1) is 11.3 Å². The summed E-state index contributed by atoms with van der Waals surface area (Å²) in [5.74, 6) is -0.233. The van der Waals surface area contributed by atoms with Crippen LogP contribution in [0, 0.1) is 25.2 Å². The van der Waals surface area contributed by atoms with Gasteiger partial charge in [0.1, 0.15) is 5.00 Å². The van der Waals surface area contributed by atoms with Crippen molar-refractivity contribution >= 4 is 28.2 Å². The minimum atomic E-state index is -0.503. The third-order valence-electron chi connectivity index (χ3n) is 3.68. The van der Waals surface area contributed by atoms with E-state index in [1.807, 2.05) is 13.0 Å². The second-order valence-corrected chi connectivity index (χ2v) is 6.52. The van der Waals surface area contributed by atoms with E-state index >= 15 is 0 Å². The van der Waals surface area contributed by atoms with Crippen molar-refractivity contribution in [3.8, 4) is 17.6 Å². The number of benzene rings is 1. The second kappa shape index (κ2) is 8.36. The first kappa shape index (κ1) is 19.3. The van der Waals surface area contributed by atoms with E-state index in [2.05, 4.69) is 5.32 Å². The van der Waals surface area contributed by atoms with E-state index in [0.29, 0.717) is 27.6 Å². The van der Waals surface area contributed by atoms with Gasteiger partial charge in [0.05, 0.1) is 31.4 Å². The van der Waals surface area contributed by atoms with E-state index in [-0.39, 0.29) is 6.61 Å². The lowest BCUT2D eigenvalue weighted by Crippen LogP contribution is -2.21. The van der Waals surface area contributed by atoms with Gasteiger partial charge in [-0.25, -0.2) is 4.79 Å². The zero-order chi connectivity index (χ0) is 19.3. The number of hydrogen-bond donors (Lipinski definition) is 1. The molecule has 0 aliphatic rings. The number of amides is 1. The number of carbonyl (C=O) groups is 2. The fourth-order valence-corrected chi connectivity index (χ4v) is 3.29. The predicted octanol–water partition coefficient (Wildman–Crippen LogP) is 3.05. The van der Waals surface area contributed by atoms with Crippen molar-refractivity contribution in [1.29, 1.82) is 5.26 Å². The number of ether oxygens (including phenoxy) is 3. The van der Waals surface area contributed by atoms with Crippen molar-refractivity contribution < 1.29 is 23.8 Å². The van der Waals surface area contributed by atoms with E-state index in [1.54, 1.807) is 19.1 Å². The summed E-state index contributed by atoms with van der Waals surface area (Å²) in [6.45, 7) is 3.38. The molecule has 0 atom stereocenters. The zero-order valence-corrected chi connectivity index (χ0v) is 15.7. The van der Waals surface area contributed by atoms with Crippen molar-refractivity contribution in [3.05, 3.63) is 39.8 Å². The monoisotopic (exact) mass is 374 g/mol. The Hall–Kier alpha value is -3.05. The van der Waals surface area contributed by atoms with Crippen LogP contribution in [0.15, 0.2) is 18.2 Å². The van der Waals surface area contributed by atoms with Crippen LogP contribution in [-0.4, -0.2) is 32.7 Å². The molecule has 0 spiro atoms. The van der Waals surface area contributed by atoms with Crippen LogP contribution in [0.5, 0.6) is 11.5 Å². The van der Waals surface area contributed by atoms with Crippen LogP contribution in [0.2, 0.25) is 0 Å². The topological polar surface area (TPSA) is 97.6 Å². The van der Waals surface area contributed by atoms with Crippen LogP contribution in [0.25, 0.3) is 0 Å². The third kappa shape index (κ3) is 4.13. The van der Waals surface area contributed by atoms with E-state index in [9.17, 15) is 9.59 Å². The van der Waals surface area contributed by atoms with Crippen LogP contribution in [0.4, 0.5) is 5.00 Å². The number of anilines is 1. The highest BCUT2D eigenvalue weighted by atomic mass is 32.1. The lowest BCUT2D eigenvalue weighted by molar-refractivity contribution is -0.118. The molecular weight excluding hydrogens is 356 g/mol. The molecule has 1 N–H and O–H groups in total. The Morgan fingerprint density at radius 2 is 1.96 bits per heavy atom. The Labute approximate surface area is 155 Å². The molecule has 2 rings (SSSR count). The fraction of sp³-hybridized carbons (Fsp3) is 0.278. The maximum Gasteiger partial charge on any atom is 0.341 e. The molecule has 2 aromatic rings. The maximum atomic E-state index is 12.2. The molecule has 8 heteroatoms. The van der Waals surface area contributed by atoms with Gasteiger partial charge < -0.3 is 19.5 Å². The van der Waals surface area contributed by atoms with Crippen molar-refractivity contribution in [2.75, 3.05) is 26.1 Å². The average molecular weight is 374 g/mol. The summed E-state index contributed by atoms with van der Waals surface area (Å²) in [6, 6.07) is 6.65. The minimum Gasteiger partial charge on any atom is -0.493 e. The molecule has 7 nitrogen and oxygen atoms in total. The first-order valence-corrected chi connectivity index (χ1v) is 8.42. The van der Waals surface area contributed by atoms with Gasteiger partial charge in [-0.05, 0) is 31.5 Å². The summed E-state index contributed by atoms with van der Waals surface area (Å²) >= 11 is 1.30. The van der Waals surface area contributed by atoms with Crippen molar-refractivity contribution in [1.82, 2.24) is 0 Å². The highest BCUT2D eigenvalue weighted by molar-refractivity contribution is 7.16. The minimum absolute atomic E-state index is 0.279. The zero-order valence-electron chi connectivity index (χ0n) is 14.8. The fourth-order valence-electron chi connectivity index (χ4n) is 2.23. The van der Waals surface area contributed by atoms with E-state index in [1.165, 1.54) is 31.6 Å². The highest BCUT2D eigenvalue weighted by Crippen LogP contribution is 2.33. The van der Waals surface area contributed by atoms with Gasteiger partial charge in [-0.2, -0.15) is 5.26 Å². The molecule has 0 saturated heterocycles. The van der Waals surface area contributed by atoms with E-state index < -0.39 is 11.9 Å². The molecule has 0 bridgehead atoms. The van der Waals surface area contributed by atoms with Gasteiger partial charge in [0.25, 0.3) is 5.91 Å². The molecule has 0 aliphatic carbocycles. The third-order valence-corrected chi connectivity index (χ3v) is 4.80. The largest absolute Gasteiger partial charge is 0.493 e. The predicted molar refractivity (Wildman–Crippen MR) is 97.0 cm³/mol. The molecule has 1 aromatic carbocycles. The molecule has 0 aliphatic heterocycles. The number of rotatable bonds is 6. The number of methoxy groups -OCH3 is 2. The molecule has 136 valence electrons. The lowest BCUT2D eigenvalue weighted by Gasteiger charge is -2.11. The first-order chi connectivity index (χ1) is 12.4. The lowest BCUT2D eigenvalue weighted by atomic mass is 10.1. The molecular formula is C18H18N2O5S. The molecule has 0 saturated carbocycles. The summed E-state index contributed by atoms with van der Waals surface area (Å²) in [5, 5.41) is 12.0. The van der Waals surface area contributed by atoms with Gasteiger partial charge in [0, 0.05) is 10.9 Å². The van der Waals surface area contributed by atoms with Crippen molar-refractivity contribution in [2.45, 2.75) is 13.8 Å². The summed E-state index contributed by atoms with van der Waals surface area (Å²) in [4.78, 5) is 25.1. The summed E-state index contributed by atoms with van der Waals surface area (Å²) in [6.07, 6.45) is 0. The quantitative estimate of drug-likeness (QED) is 0.781. The smallest absolute Gasteiger partial charge is 0.341 e. The Bertz CT molecular complexity index is 882. The Kier molecular flexibility index (Phi) is 6.20. The molecule has 1 amide bonds. The van der Waals surface area contributed by atoms with Crippen molar-refractivity contribution in [2.24, 2.45) is 0 Å². The number of thiophene rings is 1. The highest BCUT2D eigenvalue weighted by Gasteiger charge is 2.21. The Morgan fingerprint density at radius 3 is 2.58 bits per heavy atom. The van der Waals surface area contributed by atoms with E-state index in [4.69, 9.17) is 19.5 Å². The molecule has 1 aromatic heterocycles. The summed E-state index contributed by atoms with van der Waals surface area (Å²) in [5.41, 5.74) is 1.54. The van der Waals surface area contributed by atoms with Crippen LogP contribution >= 0.6 is 11.3 Å². The standard InChI is InChI=1S/C18H18N2O5S/c1-10-11(2)26-17(16(10)18(22)24-4)20-15(21)9-25-13-6-5-12(8-19)7-14(13)23-3/h5-7H,9H2,1-4H3,(H,20,21). The first-order valence-electron chi connectivity index (χ1n) is 7.60. The number of nitriles is 1. The summed E-state index contributed by atoms with van der Waals surface area (Å²) < 4.78 is 15.4. The molecule has 1 heterocycles. The SMILES string of the molecule is COC(=O)c1c(NC(=O)COc2ccc(C#N)cc2OC)sc(C)c1C.